The zero-order valence-electron chi connectivity index (χ0n) is 29.1. The standard InChI is InChI=1S/C30H57N9O8S/c1-15(2)13-21(27(44)38-22(14-16(3)4)28(45)39-23(18(6)40)29(46)47)37-26(43)20(9-8-11-34-30(32)33)36-24(41)17(5)35-25(42)19(31)10-12-48-7/h15-23,40H,8-14,31H2,1-7H3,(H,35,42)(H,36,41)(H,37,43)(H,38,44)(H,39,45)(H,46,47)(H4,32,33,34)/t17-,18+,19-,20-,21-,22-,23-/m0/s1. The van der Waals surface area contributed by atoms with E-state index in [2.05, 4.69) is 31.6 Å². The fourth-order valence-electron chi connectivity index (χ4n) is 4.42. The number of aliphatic hydroxyl groups is 1. The number of carboxylic acids is 1. The van der Waals surface area contributed by atoms with Gasteiger partial charge in [0.2, 0.25) is 29.5 Å². The average molecular weight is 704 g/mol. The minimum absolute atomic E-state index is 0.0760. The van der Waals surface area contributed by atoms with Crippen LogP contribution in [0.2, 0.25) is 0 Å². The van der Waals surface area contributed by atoms with Gasteiger partial charge in [0.15, 0.2) is 12.0 Å². The van der Waals surface area contributed by atoms with E-state index in [-0.39, 0.29) is 50.0 Å². The number of guanidine groups is 1. The number of hydrogen-bond acceptors (Lipinski definition) is 10. The van der Waals surface area contributed by atoms with Gasteiger partial charge in [-0.1, -0.05) is 27.7 Å². The lowest BCUT2D eigenvalue weighted by atomic mass is 9.99. The maximum atomic E-state index is 13.6. The summed E-state index contributed by atoms with van der Waals surface area (Å²) >= 11 is 1.53. The monoisotopic (exact) mass is 703 g/mol. The lowest BCUT2D eigenvalue weighted by molar-refractivity contribution is -0.145. The highest BCUT2D eigenvalue weighted by Crippen LogP contribution is 2.11. The first-order valence-electron chi connectivity index (χ1n) is 16.0. The van der Waals surface area contributed by atoms with Crippen LogP contribution in [0.3, 0.4) is 0 Å². The summed E-state index contributed by atoms with van der Waals surface area (Å²) in [5, 5.41) is 31.9. The number of carboxylic acid groups (broad SMARTS) is 1. The van der Waals surface area contributed by atoms with Crippen molar-refractivity contribution >= 4 is 53.2 Å². The SMILES string of the molecule is CSCC[C@H](N)C(=O)N[C@@H](C)C(=O)N[C@@H](CCCN=C(N)N)C(=O)N[C@@H](CC(C)C)C(=O)N[C@@H](CC(C)C)C(=O)N[C@H](C(=O)O)[C@@H](C)O. The second-order valence-electron chi connectivity index (χ2n) is 12.6. The Kier molecular flexibility index (Phi) is 21.1. The summed E-state index contributed by atoms with van der Waals surface area (Å²) < 4.78 is 0. The number of aliphatic hydroxyl groups excluding tert-OH is 1. The topological polar surface area (TPSA) is 293 Å². The predicted octanol–water partition coefficient (Wildman–Crippen LogP) is -1.88. The number of aliphatic imine (C=N–C) groups is 1. The Morgan fingerprint density at radius 1 is 0.708 bits per heavy atom. The van der Waals surface area contributed by atoms with Crippen LogP contribution in [0, 0.1) is 11.8 Å². The van der Waals surface area contributed by atoms with Crippen LogP contribution < -0.4 is 43.8 Å². The summed E-state index contributed by atoms with van der Waals surface area (Å²) in [5.41, 5.74) is 16.7. The molecular formula is C30H57N9O8S. The number of carbonyl (C=O) groups excluding carboxylic acids is 5. The molecule has 0 saturated heterocycles. The Morgan fingerprint density at radius 2 is 1.19 bits per heavy atom. The Balaban J connectivity index is 6.02. The van der Waals surface area contributed by atoms with E-state index in [0.29, 0.717) is 12.2 Å². The third-order valence-corrected chi connectivity index (χ3v) is 7.67. The molecule has 0 rings (SSSR count). The molecule has 0 aromatic carbocycles. The zero-order valence-corrected chi connectivity index (χ0v) is 29.9. The van der Waals surface area contributed by atoms with Gasteiger partial charge in [-0.25, -0.2) is 4.79 Å². The number of aliphatic carboxylic acids is 1. The van der Waals surface area contributed by atoms with Crippen molar-refractivity contribution in [2.45, 2.75) is 116 Å². The van der Waals surface area contributed by atoms with E-state index >= 15 is 0 Å². The molecule has 0 aromatic rings. The summed E-state index contributed by atoms with van der Waals surface area (Å²) in [6.07, 6.45) is 1.55. The summed E-state index contributed by atoms with van der Waals surface area (Å²) in [6.45, 7) is 10.1. The highest BCUT2D eigenvalue weighted by Gasteiger charge is 2.33. The van der Waals surface area contributed by atoms with Crippen molar-refractivity contribution < 1.29 is 39.0 Å². The lowest BCUT2D eigenvalue weighted by Crippen LogP contribution is -2.59. The fourth-order valence-corrected chi connectivity index (χ4v) is 4.91. The van der Waals surface area contributed by atoms with Crippen LogP contribution >= 0.6 is 11.8 Å². The van der Waals surface area contributed by atoms with Gasteiger partial charge in [0, 0.05) is 6.54 Å². The Labute approximate surface area is 287 Å². The van der Waals surface area contributed by atoms with Crippen LogP contribution in [0.15, 0.2) is 4.99 Å². The Bertz CT molecular complexity index is 1100. The molecule has 0 aliphatic rings. The smallest absolute Gasteiger partial charge is 0.328 e. The lowest BCUT2D eigenvalue weighted by Gasteiger charge is -2.28. The normalized spacial score (nSPS) is 15.6. The zero-order chi connectivity index (χ0) is 37.1. The minimum atomic E-state index is -1.60. The molecule has 0 spiro atoms. The average Bonchev–Trinajstić information content (AvgIpc) is 2.97. The van der Waals surface area contributed by atoms with Crippen LogP contribution in [-0.4, -0.2) is 113 Å². The van der Waals surface area contributed by atoms with Gasteiger partial charge < -0.3 is 54.0 Å². The molecule has 0 heterocycles. The van der Waals surface area contributed by atoms with E-state index < -0.39 is 77.9 Å². The molecule has 0 aliphatic carbocycles. The van der Waals surface area contributed by atoms with Gasteiger partial charge in [-0.2, -0.15) is 11.8 Å². The van der Waals surface area contributed by atoms with E-state index in [0.717, 1.165) is 0 Å². The number of amides is 5. The number of rotatable bonds is 23. The molecule has 13 N–H and O–H groups in total. The van der Waals surface area contributed by atoms with E-state index in [1.165, 1.54) is 25.6 Å². The van der Waals surface area contributed by atoms with Gasteiger partial charge in [0.05, 0.1) is 12.1 Å². The fraction of sp³-hybridized carbons (Fsp3) is 0.767. The molecule has 7 atom stereocenters. The van der Waals surface area contributed by atoms with Crippen LogP contribution in [0.1, 0.15) is 73.6 Å². The third-order valence-electron chi connectivity index (χ3n) is 7.03. The third kappa shape index (κ3) is 18.1. The van der Waals surface area contributed by atoms with Gasteiger partial charge in [0.25, 0.3) is 0 Å². The van der Waals surface area contributed by atoms with Gasteiger partial charge in [-0.05, 0) is 69.8 Å². The number of hydrogen-bond donors (Lipinski definition) is 10. The molecule has 0 fully saturated rings. The quantitative estimate of drug-likeness (QED) is 0.0318. The van der Waals surface area contributed by atoms with Crippen molar-refractivity contribution in [3.05, 3.63) is 0 Å². The highest BCUT2D eigenvalue weighted by atomic mass is 32.2. The summed E-state index contributed by atoms with van der Waals surface area (Å²) in [6, 6.07) is -6.92. The van der Waals surface area contributed by atoms with Crippen molar-refractivity contribution in [3.8, 4) is 0 Å². The molecular weight excluding hydrogens is 646 g/mol. The van der Waals surface area contributed by atoms with Crippen molar-refractivity contribution in [3.63, 3.8) is 0 Å². The molecule has 17 nitrogen and oxygen atoms in total. The Morgan fingerprint density at radius 3 is 1.62 bits per heavy atom. The molecule has 0 radical (unpaired) electrons. The van der Waals surface area contributed by atoms with Crippen LogP contribution in [-0.2, 0) is 28.8 Å². The maximum absolute atomic E-state index is 13.6. The van der Waals surface area contributed by atoms with Crippen molar-refractivity contribution in [2.75, 3.05) is 18.6 Å². The molecule has 0 saturated carbocycles. The molecule has 276 valence electrons. The maximum Gasteiger partial charge on any atom is 0.328 e. The van der Waals surface area contributed by atoms with Gasteiger partial charge in [0.1, 0.15) is 24.2 Å². The number of nitrogens with two attached hydrogens (primary N) is 3. The number of nitrogens with one attached hydrogen (secondary N) is 5. The largest absolute Gasteiger partial charge is 0.480 e. The van der Waals surface area contributed by atoms with Crippen molar-refractivity contribution in [2.24, 2.45) is 34.0 Å². The molecule has 18 heteroatoms. The van der Waals surface area contributed by atoms with E-state index in [9.17, 15) is 39.0 Å². The van der Waals surface area contributed by atoms with Crippen LogP contribution in [0.5, 0.6) is 0 Å². The minimum Gasteiger partial charge on any atom is -0.480 e. The van der Waals surface area contributed by atoms with E-state index in [4.69, 9.17) is 17.2 Å². The van der Waals surface area contributed by atoms with Gasteiger partial charge in [-0.3, -0.25) is 29.0 Å². The number of nitrogens with zero attached hydrogens (tertiary/aromatic N) is 1. The molecule has 0 aliphatic heterocycles. The summed E-state index contributed by atoms with van der Waals surface area (Å²) in [5.74, 6) is -4.51. The van der Waals surface area contributed by atoms with Gasteiger partial charge in [-0.15, -0.1) is 0 Å². The first kappa shape index (κ1) is 44.4. The molecule has 0 aromatic heterocycles. The summed E-state index contributed by atoms with van der Waals surface area (Å²) in [7, 11) is 0. The van der Waals surface area contributed by atoms with E-state index in [1.807, 2.05) is 20.1 Å². The van der Waals surface area contributed by atoms with Crippen molar-refractivity contribution in [1.82, 2.24) is 26.6 Å². The second-order valence-corrected chi connectivity index (χ2v) is 13.6. The molecule has 0 bridgehead atoms. The second kappa shape index (κ2) is 22.8. The van der Waals surface area contributed by atoms with Gasteiger partial charge >= 0.3 is 5.97 Å². The van der Waals surface area contributed by atoms with Crippen LogP contribution in [0.4, 0.5) is 0 Å². The van der Waals surface area contributed by atoms with E-state index in [1.54, 1.807) is 13.8 Å². The summed E-state index contributed by atoms with van der Waals surface area (Å²) in [4.78, 5) is 81.2. The van der Waals surface area contributed by atoms with Crippen LogP contribution in [0.25, 0.3) is 0 Å². The molecule has 0 unspecified atom stereocenters. The number of carbonyl (C=O) groups is 6. The number of thioether (sulfide) groups is 1. The highest BCUT2D eigenvalue weighted by molar-refractivity contribution is 7.98. The van der Waals surface area contributed by atoms with Crippen molar-refractivity contribution in [1.29, 1.82) is 0 Å². The Hall–Kier alpha value is -3.64. The molecule has 5 amide bonds. The molecule has 48 heavy (non-hydrogen) atoms. The first-order chi connectivity index (χ1) is 22.3. The first-order valence-corrected chi connectivity index (χ1v) is 17.4. The predicted molar refractivity (Wildman–Crippen MR) is 184 cm³/mol.